The number of carbonyl (C=O) groups excluding carboxylic acids is 1. The van der Waals surface area contributed by atoms with Crippen LogP contribution in [0.15, 0.2) is 24.4 Å². The highest BCUT2D eigenvalue weighted by atomic mass is 32.1. The van der Waals surface area contributed by atoms with Gasteiger partial charge in [-0.05, 0) is 23.6 Å². The third kappa shape index (κ3) is 4.13. The minimum absolute atomic E-state index is 0.300. The number of urea groups is 1. The predicted octanol–water partition coefficient (Wildman–Crippen LogP) is 3.37. The molecule has 2 rings (SSSR count). The number of hydrogen-bond acceptors (Lipinski definition) is 5. The quantitative estimate of drug-likeness (QED) is 0.878. The maximum absolute atomic E-state index is 11.8. The largest absolute Gasteiger partial charge is 0.497 e. The number of ether oxygens (including phenoxy) is 2. The van der Waals surface area contributed by atoms with E-state index in [9.17, 15) is 4.79 Å². The Kier molecular flexibility index (Phi) is 5.44. The molecule has 0 aliphatic heterocycles. The molecule has 2 aromatic rings. The molecule has 0 unspecified atom stereocenters. The number of hydrogen-bond donors (Lipinski definition) is 1. The van der Waals surface area contributed by atoms with Gasteiger partial charge in [0.15, 0.2) is 5.13 Å². The fraction of sp³-hybridized carbons (Fsp3) is 0.375. The number of amides is 2. The smallest absolute Gasteiger partial charge is 0.321 e. The Hall–Kier alpha value is -2.28. The van der Waals surface area contributed by atoms with Gasteiger partial charge in [-0.15, -0.1) is 11.3 Å². The Morgan fingerprint density at radius 3 is 2.30 bits per heavy atom. The van der Waals surface area contributed by atoms with E-state index in [1.807, 2.05) is 12.1 Å². The standard InChI is InChI=1S/C16H21N3O3S/c1-10(2)14-8-18-16(23-14)19(15(17)20)9-11-5-12(21-3)7-13(6-11)22-4/h5-8,10H,9H2,1-4H3,(H2,17,20). The van der Waals surface area contributed by atoms with Crippen LogP contribution in [0.2, 0.25) is 0 Å². The van der Waals surface area contributed by atoms with Gasteiger partial charge < -0.3 is 15.2 Å². The van der Waals surface area contributed by atoms with E-state index in [1.165, 1.54) is 16.2 Å². The molecule has 1 aromatic heterocycles. The molecule has 0 spiro atoms. The number of nitrogens with two attached hydrogens (primary N) is 1. The van der Waals surface area contributed by atoms with Gasteiger partial charge in [0.2, 0.25) is 0 Å². The second kappa shape index (κ2) is 7.32. The molecule has 124 valence electrons. The molecule has 2 amide bonds. The van der Waals surface area contributed by atoms with E-state index in [4.69, 9.17) is 15.2 Å². The Morgan fingerprint density at radius 2 is 1.87 bits per heavy atom. The van der Waals surface area contributed by atoms with Crippen LogP contribution < -0.4 is 20.1 Å². The first-order valence-corrected chi connectivity index (χ1v) is 8.01. The van der Waals surface area contributed by atoms with Gasteiger partial charge in [0.25, 0.3) is 0 Å². The highest BCUT2D eigenvalue weighted by Gasteiger charge is 2.18. The summed E-state index contributed by atoms with van der Waals surface area (Å²) in [4.78, 5) is 18.7. The van der Waals surface area contributed by atoms with Crippen molar-refractivity contribution in [2.75, 3.05) is 19.1 Å². The number of anilines is 1. The minimum Gasteiger partial charge on any atom is -0.497 e. The first kappa shape index (κ1) is 17.1. The number of carbonyl (C=O) groups is 1. The van der Waals surface area contributed by atoms with E-state index in [-0.39, 0.29) is 0 Å². The van der Waals surface area contributed by atoms with Crippen LogP contribution in [0.1, 0.15) is 30.2 Å². The zero-order valence-electron chi connectivity index (χ0n) is 13.7. The summed E-state index contributed by atoms with van der Waals surface area (Å²) in [6, 6.07) is 4.92. The number of aromatic nitrogens is 1. The number of methoxy groups -OCH3 is 2. The normalized spacial score (nSPS) is 10.7. The van der Waals surface area contributed by atoms with Gasteiger partial charge in [0.05, 0.1) is 20.8 Å². The molecule has 23 heavy (non-hydrogen) atoms. The van der Waals surface area contributed by atoms with Gasteiger partial charge in [0.1, 0.15) is 11.5 Å². The Balaban J connectivity index is 2.30. The van der Waals surface area contributed by atoms with Gasteiger partial charge in [-0.3, -0.25) is 4.90 Å². The molecule has 2 N–H and O–H groups in total. The van der Waals surface area contributed by atoms with Gasteiger partial charge in [0, 0.05) is 17.1 Å². The van der Waals surface area contributed by atoms with Crippen LogP contribution in [0, 0.1) is 0 Å². The molecule has 0 fully saturated rings. The predicted molar refractivity (Wildman–Crippen MR) is 91.5 cm³/mol. The SMILES string of the molecule is COc1cc(CN(C(N)=O)c2ncc(C(C)C)s2)cc(OC)c1. The van der Waals surface area contributed by atoms with Gasteiger partial charge in [-0.25, -0.2) is 9.78 Å². The maximum Gasteiger partial charge on any atom is 0.321 e. The molecule has 0 radical (unpaired) electrons. The van der Waals surface area contributed by atoms with E-state index in [2.05, 4.69) is 18.8 Å². The van der Waals surface area contributed by atoms with Crippen LogP contribution >= 0.6 is 11.3 Å². The summed E-state index contributed by atoms with van der Waals surface area (Å²) >= 11 is 1.47. The van der Waals surface area contributed by atoms with E-state index in [1.54, 1.807) is 26.5 Å². The molecule has 0 aliphatic rings. The number of nitrogens with zero attached hydrogens (tertiary/aromatic N) is 2. The number of benzene rings is 1. The average molecular weight is 335 g/mol. The van der Waals surface area contributed by atoms with E-state index < -0.39 is 6.03 Å². The third-order valence-corrected chi connectivity index (χ3v) is 4.65. The van der Waals surface area contributed by atoms with E-state index >= 15 is 0 Å². The second-order valence-corrected chi connectivity index (χ2v) is 6.39. The van der Waals surface area contributed by atoms with Crippen molar-refractivity contribution >= 4 is 22.5 Å². The van der Waals surface area contributed by atoms with Crippen LogP contribution in [-0.4, -0.2) is 25.2 Å². The lowest BCUT2D eigenvalue weighted by molar-refractivity contribution is 0.253. The number of thiazole rings is 1. The first-order valence-electron chi connectivity index (χ1n) is 7.19. The Morgan fingerprint density at radius 1 is 1.26 bits per heavy atom. The monoisotopic (exact) mass is 335 g/mol. The van der Waals surface area contributed by atoms with Crippen LogP contribution in [0.4, 0.5) is 9.93 Å². The summed E-state index contributed by atoms with van der Waals surface area (Å²) in [5, 5.41) is 0.586. The van der Waals surface area contributed by atoms with Crippen molar-refractivity contribution in [3.63, 3.8) is 0 Å². The number of rotatable bonds is 6. The van der Waals surface area contributed by atoms with Gasteiger partial charge in [-0.1, -0.05) is 13.8 Å². The molecular formula is C16H21N3O3S. The molecular weight excluding hydrogens is 314 g/mol. The zero-order valence-corrected chi connectivity index (χ0v) is 14.5. The summed E-state index contributed by atoms with van der Waals surface area (Å²) in [6.45, 7) is 4.46. The van der Waals surface area contributed by atoms with Crippen molar-refractivity contribution in [1.29, 1.82) is 0 Å². The van der Waals surface area contributed by atoms with Gasteiger partial charge >= 0.3 is 6.03 Å². The van der Waals surface area contributed by atoms with E-state index in [0.29, 0.717) is 29.1 Å². The average Bonchev–Trinajstić information content (AvgIpc) is 3.01. The lowest BCUT2D eigenvalue weighted by Gasteiger charge is -2.18. The molecule has 1 aromatic carbocycles. The van der Waals surface area contributed by atoms with Crippen molar-refractivity contribution in [1.82, 2.24) is 4.98 Å². The third-order valence-electron chi connectivity index (χ3n) is 3.33. The van der Waals surface area contributed by atoms with Crippen molar-refractivity contribution in [3.8, 4) is 11.5 Å². The van der Waals surface area contributed by atoms with Crippen molar-refractivity contribution in [2.45, 2.75) is 26.3 Å². The van der Waals surface area contributed by atoms with Crippen LogP contribution in [-0.2, 0) is 6.54 Å². The van der Waals surface area contributed by atoms with Crippen molar-refractivity contribution < 1.29 is 14.3 Å². The van der Waals surface area contributed by atoms with Gasteiger partial charge in [-0.2, -0.15) is 0 Å². The Labute approximate surface area is 139 Å². The minimum atomic E-state index is -0.545. The summed E-state index contributed by atoms with van der Waals surface area (Å²) in [6.07, 6.45) is 1.78. The second-order valence-electron chi connectivity index (χ2n) is 5.35. The summed E-state index contributed by atoms with van der Waals surface area (Å²) in [5.41, 5.74) is 6.38. The van der Waals surface area contributed by atoms with Crippen molar-refractivity contribution in [2.24, 2.45) is 5.73 Å². The molecule has 0 saturated heterocycles. The first-order chi connectivity index (χ1) is 10.9. The Bertz CT molecular complexity index is 663. The lowest BCUT2D eigenvalue weighted by atomic mass is 10.2. The fourth-order valence-corrected chi connectivity index (χ4v) is 2.97. The number of primary amides is 1. The maximum atomic E-state index is 11.8. The highest BCUT2D eigenvalue weighted by molar-refractivity contribution is 7.15. The summed E-state index contributed by atoms with van der Waals surface area (Å²) < 4.78 is 10.5. The summed E-state index contributed by atoms with van der Waals surface area (Å²) in [7, 11) is 3.17. The zero-order chi connectivity index (χ0) is 17.0. The lowest BCUT2D eigenvalue weighted by Crippen LogP contribution is -2.35. The van der Waals surface area contributed by atoms with Crippen LogP contribution in [0.3, 0.4) is 0 Å². The highest BCUT2D eigenvalue weighted by Crippen LogP contribution is 2.30. The van der Waals surface area contributed by atoms with E-state index in [0.717, 1.165) is 10.4 Å². The molecule has 0 atom stereocenters. The fourth-order valence-electron chi connectivity index (χ4n) is 2.05. The van der Waals surface area contributed by atoms with Crippen LogP contribution in [0.25, 0.3) is 0 Å². The topological polar surface area (TPSA) is 77.7 Å². The molecule has 7 heteroatoms. The molecule has 0 saturated carbocycles. The van der Waals surface area contributed by atoms with Crippen LogP contribution in [0.5, 0.6) is 11.5 Å². The molecule has 6 nitrogen and oxygen atoms in total. The molecule has 1 heterocycles. The molecule has 0 bridgehead atoms. The van der Waals surface area contributed by atoms with Crippen molar-refractivity contribution in [3.05, 3.63) is 34.8 Å². The summed E-state index contributed by atoms with van der Waals surface area (Å²) in [5.74, 6) is 1.67. The molecule has 0 aliphatic carbocycles.